The molecule has 0 radical (unpaired) electrons. The molecule has 0 spiro atoms. The summed E-state index contributed by atoms with van der Waals surface area (Å²) in [7, 11) is 0. The number of nitrogens with zero attached hydrogens (tertiary/aromatic N) is 2. The zero-order valence-electron chi connectivity index (χ0n) is 17.1. The van der Waals surface area contributed by atoms with Gasteiger partial charge in [-0.05, 0) is 29.9 Å². The van der Waals surface area contributed by atoms with Crippen molar-refractivity contribution in [2.75, 3.05) is 5.32 Å². The predicted octanol–water partition coefficient (Wildman–Crippen LogP) is 5.52. The van der Waals surface area contributed by atoms with E-state index < -0.39 is 0 Å². The molecular formula is C25H25N3O. The number of benzene rings is 2. The molecule has 2 aromatic carbocycles. The van der Waals surface area contributed by atoms with E-state index in [9.17, 15) is 4.79 Å². The number of hydrogen-bond acceptors (Lipinski definition) is 3. The van der Waals surface area contributed by atoms with Crippen LogP contribution in [-0.2, 0) is 4.79 Å². The number of Topliss-reactive ketones (excluding diaryl/α,β-unsaturated/α-hetero) is 1. The summed E-state index contributed by atoms with van der Waals surface area (Å²) in [6.07, 6.45) is 1.42. The lowest BCUT2D eigenvalue weighted by atomic mass is 9.73. The molecule has 4 nitrogen and oxygen atoms in total. The van der Waals surface area contributed by atoms with Gasteiger partial charge in [-0.15, -0.1) is 0 Å². The zero-order chi connectivity index (χ0) is 20.2. The van der Waals surface area contributed by atoms with Crippen LogP contribution >= 0.6 is 0 Å². The van der Waals surface area contributed by atoms with Crippen LogP contribution in [0.25, 0.3) is 11.1 Å². The van der Waals surface area contributed by atoms with Crippen molar-refractivity contribution < 1.29 is 4.79 Å². The lowest BCUT2D eigenvalue weighted by Gasteiger charge is -2.39. The molecule has 0 unspecified atom stereocenters. The fourth-order valence-corrected chi connectivity index (χ4v) is 4.78. The van der Waals surface area contributed by atoms with E-state index in [0.29, 0.717) is 6.42 Å². The van der Waals surface area contributed by atoms with Gasteiger partial charge in [0.1, 0.15) is 11.9 Å². The van der Waals surface area contributed by atoms with Crippen molar-refractivity contribution in [3.63, 3.8) is 0 Å². The molecule has 1 N–H and O–H groups in total. The highest BCUT2D eigenvalue weighted by atomic mass is 16.1. The van der Waals surface area contributed by atoms with Crippen molar-refractivity contribution in [2.45, 2.75) is 39.7 Å². The van der Waals surface area contributed by atoms with Crippen molar-refractivity contribution in [3.05, 3.63) is 83.2 Å². The number of nitrogens with one attached hydrogen (secondary N) is 1. The molecule has 3 aromatic rings. The third kappa shape index (κ3) is 2.91. The fraction of sp³-hybridized carbons (Fsp3) is 0.280. The number of fused-ring (bicyclic) bond motifs is 1. The summed E-state index contributed by atoms with van der Waals surface area (Å²) in [5.74, 6) is 1.20. The Balaban J connectivity index is 1.76. The van der Waals surface area contributed by atoms with Gasteiger partial charge in [-0.1, -0.05) is 74.5 Å². The number of aryl methyl sites for hydroxylation is 1. The number of anilines is 1. The molecule has 0 saturated carbocycles. The standard InChI is InChI=1S/C25H25N3O/c1-16-21(17-10-6-4-7-11-17)24-26-19-14-25(2,3)15-20(29)22(19)23(28(24)27-16)18-12-8-5-9-13-18/h4-13,23,26H,14-15H2,1-3H3/t23-/m1/s1. The van der Waals surface area contributed by atoms with Crippen LogP contribution < -0.4 is 5.32 Å². The summed E-state index contributed by atoms with van der Waals surface area (Å²) < 4.78 is 2.02. The molecule has 4 heteroatoms. The van der Waals surface area contributed by atoms with E-state index in [1.807, 2.05) is 48.0 Å². The van der Waals surface area contributed by atoms with E-state index in [-0.39, 0.29) is 17.2 Å². The highest BCUT2D eigenvalue weighted by Crippen LogP contribution is 2.48. The molecule has 0 amide bonds. The average Bonchev–Trinajstić information content (AvgIpc) is 3.02. The molecule has 1 aliphatic heterocycles. The number of hydrogen-bond donors (Lipinski definition) is 1. The first-order valence-electron chi connectivity index (χ1n) is 10.2. The maximum Gasteiger partial charge on any atom is 0.163 e. The van der Waals surface area contributed by atoms with Gasteiger partial charge in [0.05, 0.1) is 5.69 Å². The van der Waals surface area contributed by atoms with Crippen LogP contribution in [0.2, 0.25) is 0 Å². The minimum atomic E-state index is -0.192. The van der Waals surface area contributed by atoms with Gasteiger partial charge in [0.15, 0.2) is 5.78 Å². The molecule has 0 fully saturated rings. The Kier molecular flexibility index (Phi) is 3.98. The number of ketones is 1. The third-order valence-electron chi connectivity index (χ3n) is 5.97. The van der Waals surface area contributed by atoms with Crippen LogP contribution in [0, 0.1) is 12.3 Å². The Hall–Kier alpha value is -3.14. The molecule has 29 heavy (non-hydrogen) atoms. The van der Waals surface area contributed by atoms with Crippen LogP contribution in [0.4, 0.5) is 5.82 Å². The van der Waals surface area contributed by atoms with Crippen LogP contribution in [0.1, 0.15) is 44.0 Å². The second-order valence-corrected chi connectivity index (χ2v) is 8.89. The quantitative estimate of drug-likeness (QED) is 0.634. The SMILES string of the molecule is Cc1nn2c(c1-c1ccccc1)NC1=C(C(=O)CC(C)(C)C1)[C@H]2c1ccccc1. The van der Waals surface area contributed by atoms with Crippen LogP contribution in [0.3, 0.4) is 0 Å². The molecule has 1 aliphatic carbocycles. The van der Waals surface area contributed by atoms with Gasteiger partial charge >= 0.3 is 0 Å². The summed E-state index contributed by atoms with van der Waals surface area (Å²) in [5, 5.41) is 8.55. The smallest absolute Gasteiger partial charge is 0.163 e. The Morgan fingerprint density at radius 3 is 2.34 bits per heavy atom. The highest BCUT2D eigenvalue weighted by Gasteiger charge is 2.42. The van der Waals surface area contributed by atoms with Crippen LogP contribution in [-0.4, -0.2) is 15.6 Å². The van der Waals surface area contributed by atoms with Gasteiger partial charge in [-0.2, -0.15) is 5.10 Å². The Morgan fingerprint density at radius 1 is 1.00 bits per heavy atom. The van der Waals surface area contributed by atoms with Crippen molar-refractivity contribution in [1.29, 1.82) is 0 Å². The lowest BCUT2D eigenvalue weighted by molar-refractivity contribution is -0.118. The molecule has 2 aliphatic rings. The maximum absolute atomic E-state index is 13.3. The minimum Gasteiger partial charge on any atom is -0.343 e. The Bertz CT molecular complexity index is 1120. The zero-order valence-corrected chi connectivity index (χ0v) is 17.1. The van der Waals surface area contributed by atoms with Crippen LogP contribution in [0.5, 0.6) is 0 Å². The number of rotatable bonds is 2. The molecule has 0 saturated heterocycles. The number of allylic oxidation sites excluding steroid dienone is 2. The van der Waals surface area contributed by atoms with E-state index in [1.165, 1.54) is 0 Å². The van der Waals surface area contributed by atoms with Gasteiger partial charge in [0.2, 0.25) is 0 Å². The monoisotopic (exact) mass is 383 g/mol. The van der Waals surface area contributed by atoms with Gasteiger partial charge in [-0.25, -0.2) is 4.68 Å². The van der Waals surface area contributed by atoms with Gasteiger partial charge in [0.25, 0.3) is 0 Å². The van der Waals surface area contributed by atoms with E-state index in [0.717, 1.165) is 45.9 Å². The fourth-order valence-electron chi connectivity index (χ4n) is 4.78. The van der Waals surface area contributed by atoms with Gasteiger partial charge < -0.3 is 5.32 Å². The first-order chi connectivity index (χ1) is 13.9. The first kappa shape index (κ1) is 17.9. The highest BCUT2D eigenvalue weighted by molar-refractivity contribution is 6.00. The van der Waals surface area contributed by atoms with Crippen molar-refractivity contribution >= 4 is 11.6 Å². The van der Waals surface area contributed by atoms with Crippen LogP contribution in [0.15, 0.2) is 71.9 Å². The molecule has 1 atom stereocenters. The lowest BCUT2D eigenvalue weighted by Crippen LogP contribution is -2.36. The summed E-state index contributed by atoms with van der Waals surface area (Å²) in [6, 6.07) is 20.4. The number of carbonyl (C=O) groups is 1. The van der Waals surface area contributed by atoms with Gasteiger partial charge in [0, 0.05) is 23.3 Å². The van der Waals surface area contributed by atoms with Crippen molar-refractivity contribution in [1.82, 2.24) is 9.78 Å². The average molecular weight is 383 g/mol. The molecule has 0 bridgehead atoms. The minimum absolute atomic E-state index is 0.0473. The predicted molar refractivity (Wildman–Crippen MR) is 116 cm³/mol. The van der Waals surface area contributed by atoms with Gasteiger partial charge in [-0.3, -0.25) is 4.79 Å². The molecular weight excluding hydrogens is 358 g/mol. The summed E-state index contributed by atoms with van der Waals surface area (Å²) >= 11 is 0. The van der Waals surface area contributed by atoms with E-state index in [2.05, 4.69) is 43.4 Å². The number of aromatic nitrogens is 2. The van der Waals surface area contributed by atoms with Crippen molar-refractivity contribution in [2.24, 2.45) is 5.41 Å². The maximum atomic E-state index is 13.3. The van der Waals surface area contributed by atoms with E-state index >= 15 is 0 Å². The summed E-state index contributed by atoms with van der Waals surface area (Å²) in [5.41, 5.74) is 6.16. The molecule has 2 heterocycles. The van der Waals surface area contributed by atoms with Crippen molar-refractivity contribution in [3.8, 4) is 11.1 Å². The topological polar surface area (TPSA) is 46.9 Å². The summed E-state index contributed by atoms with van der Waals surface area (Å²) in [6.45, 7) is 6.38. The third-order valence-corrected chi connectivity index (χ3v) is 5.97. The van der Waals surface area contributed by atoms with E-state index in [4.69, 9.17) is 5.10 Å². The molecule has 1 aromatic heterocycles. The largest absolute Gasteiger partial charge is 0.343 e. The Labute approximate surface area is 171 Å². The second-order valence-electron chi connectivity index (χ2n) is 8.89. The second kappa shape index (κ2) is 6.45. The van der Waals surface area contributed by atoms with E-state index in [1.54, 1.807) is 0 Å². The first-order valence-corrected chi connectivity index (χ1v) is 10.2. The Morgan fingerprint density at radius 2 is 1.66 bits per heavy atom. The summed E-state index contributed by atoms with van der Waals surface area (Å²) in [4.78, 5) is 13.3. The molecule has 146 valence electrons. The normalized spacial score (nSPS) is 20.1. The number of carbonyl (C=O) groups excluding carboxylic acids is 1. The molecule has 5 rings (SSSR count).